The van der Waals surface area contributed by atoms with Gasteiger partial charge in [-0.25, -0.2) is 0 Å². The van der Waals surface area contributed by atoms with Gasteiger partial charge in [-0.05, 0) is 32.5 Å². The molecule has 0 saturated heterocycles. The first kappa shape index (κ1) is 20.0. The van der Waals surface area contributed by atoms with Gasteiger partial charge in [0.25, 0.3) is 11.6 Å². The summed E-state index contributed by atoms with van der Waals surface area (Å²) in [6, 6.07) is 1.95. The molecule has 152 valence electrons. The number of rotatable bonds is 9. The summed E-state index contributed by atoms with van der Waals surface area (Å²) < 4.78 is 22.4. The lowest BCUT2D eigenvalue weighted by atomic mass is 10.1. The van der Waals surface area contributed by atoms with Crippen LogP contribution in [0.4, 0.5) is 6.01 Å². The highest BCUT2D eigenvalue weighted by Gasteiger charge is 2.24. The Morgan fingerprint density at radius 3 is 2.54 bits per heavy atom. The van der Waals surface area contributed by atoms with E-state index in [9.17, 15) is 4.79 Å². The van der Waals surface area contributed by atoms with Gasteiger partial charge in [-0.15, -0.1) is 0 Å². The number of aromatic nitrogens is 1. The van der Waals surface area contributed by atoms with E-state index in [4.69, 9.17) is 18.3 Å². The molecule has 2 heterocycles. The largest absolute Gasteiger partial charge is 0.495 e. The first-order valence-corrected chi connectivity index (χ1v) is 9.48. The molecule has 28 heavy (non-hydrogen) atoms. The van der Waals surface area contributed by atoms with Crippen molar-refractivity contribution >= 4 is 28.0 Å². The van der Waals surface area contributed by atoms with E-state index in [1.54, 1.807) is 6.07 Å². The van der Waals surface area contributed by atoms with Crippen molar-refractivity contribution in [1.29, 1.82) is 0 Å². The van der Waals surface area contributed by atoms with Crippen LogP contribution in [0.3, 0.4) is 0 Å². The van der Waals surface area contributed by atoms with Crippen LogP contribution in [0.1, 0.15) is 27.2 Å². The average Bonchev–Trinajstić information content (AvgIpc) is 3.16. The van der Waals surface area contributed by atoms with E-state index >= 15 is 0 Å². The third-order valence-corrected chi connectivity index (χ3v) is 4.94. The minimum Gasteiger partial charge on any atom is -0.495 e. The van der Waals surface area contributed by atoms with Crippen molar-refractivity contribution in [2.24, 2.45) is 0 Å². The molecule has 0 aliphatic heterocycles. The number of furan rings is 1. The predicted molar refractivity (Wildman–Crippen MR) is 109 cm³/mol. The molecule has 0 radical (unpaired) electrons. The maximum absolute atomic E-state index is 12.8. The number of benzene rings is 1. The molecular formula is C20H27N3O5. The van der Waals surface area contributed by atoms with E-state index in [1.165, 1.54) is 20.5 Å². The number of nitrogens with zero attached hydrogens (tertiary/aromatic N) is 2. The smallest absolute Gasteiger partial charge is 0.298 e. The second-order valence-electron chi connectivity index (χ2n) is 6.62. The summed E-state index contributed by atoms with van der Waals surface area (Å²) in [6.07, 6.45) is 2.41. The zero-order chi connectivity index (χ0) is 20.3. The van der Waals surface area contributed by atoms with Gasteiger partial charge in [-0.3, -0.25) is 4.79 Å². The molecule has 1 N–H and O–H groups in total. The standard InChI is InChI=1S/C20H27N3O5/c1-6-23(7-2)10-8-12(3)21-20-22-19(24)14-15(25-4)13-9-11-27-16(13)18(26-5)17(14)28-20/h9,11-12H,6-8,10H2,1-5H3,(H,21,22,24). The molecular weight excluding hydrogens is 362 g/mol. The van der Waals surface area contributed by atoms with Crippen LogP contribution in [0.25, 0.3) is 21.9 Å². The summed E-state index contributed by atoms with van der Waals surface area (Å²) in [5, 5.41) is 4.04. The molecule has 1 unspecified atom stereocenters. The molecule has 1 aromatic carbocycles. The van der Waals surface area contributed by atoms with Gasteiger partial charge < -0.3 is 28.5 Å². The van der Waals surface area contributed by atoms with Gasteiger partial charge in [0.05, 0.1) is 25.9 Å². The van der Waals surface area contributed by atoms with Gasteiger partial charge in [-0.2, -0.15) is 4.98 Å². The summed E-state index contributed by atoms with van der Waals surface area (Å²) in [6.45, 7) is 9.26. The van der Waals surface area contributed by atoms with Gasteiger partial charge in [-0.1, -0.05) is 13.8 Å². The Kier molecular flexibility index (Phi) is 6.08. The van der Waals surface area contributed by atoms with Crippen molar-refractivity contribution in [3.63, 3.8) is 0 Å². The monoisotopic (exact) mass is 389 g/mol. The Balaban J connectivity index is 2.00. The fourth-order valence-corrected chi connectivity index (χ4v) is 3.34. The zero-order valence-electron chi connectivity index (χ0n) is 17.0. The predicted octanol–water partition coefficient (Wildman–Crippen LogP) is 3.48. The van der Waals surface area contributed by atoms with Crippen LogP contribution in [-0.4, -0.2) is 49.8 Å². The Bertz CT molecular complexity index is 1010. The van der Waals surface area contributed by atoms with Crippen LogP contribution in [0.2, 0.25) is 0 Å². The third kappa shape index (κ3) is 3.64. The second kappa shape index (κ2) is 8.52. The molecule has 8 heteroatoms. The first-order chi connectivity index (χ1) is 13.5. The van der Waals surface area contributed by atoms with Crippen LogP contribution in [0, 0.1) is 0 Å². The number of hydrogen-bond donors (Lipinski definition) is 1. The highest BCUT2D eigenvalue weighted by molar-refractivity contribution is 6.06. The highest BCUT2D eigenvalue weighted by atomic mass is 16.5. The Hall–Kier alpha value is -2.74. The Morgan fingerprint density at radius 2 is 1.89 bits per heavy atom. The van der Waals surface area contributed by atoms with E-state index in [0.29, 0.717) is 22.5 Å². The normalized spacial score (nSPS) is 12.6. The number of nitrogens with one attached hydrogen (secondary N) is 1. The van der Waals surface area contributed by atoms with Crippen molar-refractivity contribution in [2.75, 3.05) is 39.2 Å². The molecule has 3 rings (SSSR count). The molecule has 3 aromatic rings. The number of methoxy groups -OCH3 is 2. The van der Waals surface area contributed by atoms with E-state index < -0.39 is 5.56 Å². The van der Waals surface area contributed by atoms with Crippen LogP contribution in [0.15, 0.2) is 26.0 Å². The van der Waals surface area contributed by atoms with E-state index in [2.05, 4.69) is 29.0 Å². The molecule has 0 saturated carbocycles. The van der Waals surface area contributed by atoms with Gasteiger partial charge in [0.15, 0.2) is 11.2 Å². The Morgan fingerprint density at radius 1 is 1.18 bits per heavy atom. The van der Waals surface area contributed by atoms with E-state index in [-0.39, 0.29) is 23.0 Å². The molecule has 0 aliphatic carbocycles. The number of anilines is 1. The van der Waals surface area contributed by atoms with Crippen molar-refractivity contribution < 1.29 is 18.3 Å². The average molecular weight is 389 g/mol. The number of ether oxygens (including phenoxy) is 2. The lowest BCUT2D eigenvalue weighted by molar-refractivity contribution is 0.294. The third-order valence-electron chi connectivity index (χ3n) is 4.94. The maximum Gasteiger partial charge on any atom is 0.298 e. The highest BCUT2D eigenvalue weighted by Crippen LogP contribution is 2.42. The minimum atomic E-state index is -0.446. The molecule has 0 bridgehead atoms. The minimum absolute atomic E-state index is 0.0777. The zero-order valence-corrected chi connectivity index (χ0v) is 17.0. The molecule has 0 aliphatic rings. The van der Waals surface area contributed by atoms with Crippen LogP contribution < -0.4 is 20.3 Å². The summed E-state index contributed by atoms with van der Waals surface area (Å²) in [7, 11) is 3.00. The molecule has 8 nitrogen and oxygen atoms in total. The molecule has 0 spiro atoms. The van der Waals surface area contributed by atoms with E-state index in [0.717, 1.165) is 26.1 Å². The summed E-state index contributed by atoms with van der Waals surface area (Å²) in [4.78, 5) is 19.2. The summed E-state index contributed by atoms with van der Waals surface area (Å²) in [5.74, 6) is 0.705. The topological polar surface area (TPSA) is 90.0 Å². The van der Waals surface area contributed by atoms with Gasteiger partial charge in [0.1, 0.15) is 11.1 Å². The number of hydrogen-bond acceptors (Lipinski definition) is 8. The molecule has 2 aromatic heterocycles. The first-order valence-electron chi connectivity index (χ1n) is 9.48. The number of fused-ring (bicyclic) bond motifs is 2. The van der Waals surface area contributed by atoms with Crippen molar-refractivity contribution in [3.05, 3.63) is 22.7 Å². The van der Waals surface area contributed by atoms with E-state index in [1.807, 2.05) is 6.92 Å². The lowest BCUT2D eigenvalue weighted by Gasteiger charge is -2.21. The SMILES string of the molecule is CCN(CC)CCC(C)Nc1nc(=O)c2c(OC)c3ccoc3c(OC)c2o1. The fraction of sp³-hybridized carbons (Fsp3) is 0.500. The summed E-state index contributed by atoms with van der Waals surface area (Å²) in [5.41, 5.74) is 0.264. The van der Waals surface area contributed by atoms with Gasteiger partial charge in [0.2, 0.25) is 5.75 Å². The lowest BCUT2D eigenvalue weighted by Crippen LogP contribution is -2.29. The van der Waals surface area contributed by atoms with Crippen LogP contribution >= 0.6 is 0 Å². The quantitative estimate of drug-likeness (QED) is 0.595. The van der Waals surface area contributed by atoms with Crippen LogP contribution in [0.5, 0.6) is 11.5 Å². The summed E-state index contributed by atoms with van der Waals surface area (Å²) >= 11 is 0. The van der Waals surface area contributed by atoms with Crippen LogP contribution in [-0.2, 0) is 0 Å². The second-order valence-corrected chi connectivity index (χ2v) is 6.62. The molecule has 0 amide bonds. The van der Waals surface area contributed by atoms with Gasteiger partial charge >= 0.3 is 0 Å². The molecule has 0 fully saturated rings. The van der Waals surface area contributed by atoms with Gasteiger partial charge in [0, 0.05) is 12.6 Å². The van der Waals surface area contributed by atoms with Crippen molar-refractivity contribution in [2.45, 2.75) is 33.2 Å². The molecule has 1 atom stereocenters. The maximum atomic E-state index is 12.8. The van der Waals surface area contributed by atoms with Crippen molar-refractivity contribution in [1.82, 2.24) is 9.88 Å². The fourth-order valence-electron chi connectivity index (χ4n) is 3.34. The Labute approximate surface area is 163 Å². The van der Waals surface area contributed by atoms with Crippen molar-refractivity contribution in [3.8, 4) is 11.5 Å².